The van der Waals surface area contributed by atoms with E-state index in [-0.39, 0.29) is 0 Å². The van der Waals surface area contributed by atoms with Crippen LogP contribution in [0.2, 0.25) is 0 Å². The van der Waals surface area contributed by atoms with Crippen molar-refractivity contribution in [1.29, 1.82) is 0 Å². The first-order chi connectivity index (χ1) is 9.79. The Kier molecular flexibility index (Phi) is 6.48. The van der Waals surface area contributed by atoms with E-state index in [2.05, 4.69) is 41.3 Å². The van der Waals surface area contributed by atoms with Crippen molar-refractivity contribution >= 4 is 0 Å². The molecule has 1 aliphatic carbocycles. The van der Waals surface area contributed by atoms with Crippen molar-refractivity contribution in [2.24, 2.45) is 0 Å². The second-order valence-corrected chi connectivity index (χ2v) is 6.00. The Morgan fingerprint density at radius 3 is 2.55 bits per heavy atom. The van der Waals surface area contributed by atoms with Gasteiger partial charge >= 0.3 is 0 Å². The van der Waals surface area contributed by atoms with Gasteiger partial charge in [0, 0.05) is 25.3 Å². The molecule has 1 saturated carbocycles. The van der Waals surface area contributed by atoms with Gasteiger partial charge in [-0.15, -0.1) is 0 Å². The summed E-state index contributed by atoms with van der Waals surface area (Å²) in [7, 11) is 2.25. The molecule has 0 radical (unpaired) electrons. The maximum atomic E-state index is 4.61. The van der Waals surface area contributed by atoms with Crippen LogP contribution in [0, 0.1) is 0 Å². The van der Waals surface area contributed by atoms with Crippen LogP contribution in [0.5, 0.6) is 0 Å². The highest BCUT2D eigenvalue weighted by atomic mass is 15.1. The molecule has 0 spiro atoms. The Morgan fingerprint density at radius 1 is 1.20 bits per heavy atom. The van der Waals surface area contributed by atoms with E-state index in [4.69, 9.17) is 0 Å². The smallest absolute Gasteiger partial charge is 0.0544 e. The number of hydrogen-bond donors (Lipinski definition) is 1. The molecule has 112 valence electrons. The first kappa shape index (κ1) is 15.5. The lowest BCUT2D eigenvalue weighted by Crippen LogP contribution is -2.31. The van der Waals surface area contributed by atoms with Crippen LogP contribution in [0.15, 0.2) is 18.3 Å². The maximum absolute atomic E-state index is 4.61. The quantitative estimate of drug-likeness (QED) is 0.807. The predicted octanol–water partition coefficient (Wildman–Crippen LogP) is 3.35. The number of nitrogens with one attached hydrogen (secondary N) is 1. The highest BCUT2D eigenvalue weighted by Gasteiger charge is 2.17. The Hall–Kier alpha value is -0.930. The van der Waals surface area contributed by atoms with E-state index in [1.54, 1.807) is 0 Å². The van der Waals surface area contributed by atoms with Gasteiger partial charge in [-0.1, -0.05) is 38.7 Å². The third-order valence-electron chi connectivity index (χ3n) is 4.32. The first-order valence-corrected chi connectivity index (χ1v) is 8.14. The molecule has 20 heavy (non-hydrogen) atoms. The highest BCUT2D eigenvalue weighted by Crippen LogP contribution is 2.21. The first-order valence-electron chi connectivity index (χ1n) is 8.14. The summed E-state index contributed by atoms with van der Waals surface area (Å²) in [6.07, 6.45) is 10.3. The number of pyridine rings is 1. The van der Waals surface area contributed by atoms with Gasteiger partial charge in [-0.25, -0.2) is 0 Å². The van der Waals surface area contributed by atoms with Gasteiger partial charge in [0.15, 0.2) is 0 Å². The van der Waals surface area contributed by atoms with E-state index in [9.17, 15) is 0 Å². The van der Waals surface area contributed by atoms with Crippen LogP contribution in [0.25, 0.3) is 0 Å². The molecule has 1 aliphatic rings. The fourth-order valence-corrected chi connectivity index (χ4v) is 3.01. The zero-order chi connectivity index (χ0) is 14.2. The summed E-state index contributed by atoms with van der Waals surface area (Å²) in [6, 6.07) is 5.13. The fraction of sp³-hybridized carbons (Fsp3) is 0.706. The summed E-state index contributed by atoms with van der Waals surface area (Å²) in [5, 5.41) is 3.33. The van der Waals surface area contributed by atoms with E-state index in [1.165, 1.54) is 49.8 Å². The van der Waals surface area contributed by atoms with Crippen molar-refractivity contribution in [2.75, 3.05) is 13.6 Å². The van der Waals surface area contributed by atoms with E-state index in [1.807, 2.05) is 6.20 Å². The van der Waals surface area contributed by atoms with Crippen LogP contribution in [-0.4, -0.2) is 29.5 Å². The van der Waals surface area contributed by atoms with Crippen molar-refractivity contribution in [3.63, 3.8) is 0 Å². The van der Waals surface area contributed by atoms with Crippen molar-refractivity contribution in [2.45, 2.75) is 64.6 Å². The minimum Gasteiger partial charge on any atom is -0.313 e. The average molecular weight is 275 g/mol. The van der Waals surface area contributed by atoms with Crippen LogP contribution in [0.1, 0.15) is 56.7 Å². The standard InChI is InChI=1S/C17H29N3/c1-3-18-12-15-10-11-16(19-13-15)14-20(2)17-8-6-4-5-7-9-17/h10-11,13,17-18H,3-9,12,14H2,1-2H3. The lowest BCUT2D eigenvalue weighted by Gasteiger charge is -2.26. The number of nitrogens with zero attached hydrogens (tertiary/aromatic N) is 2. The van der Waals surface area contributed by atoms with Gasteiger partial charge in [0.2, 0.25) is 0 Å². The van der Waals surface area contributed by atoms with Crippen molar-refractivity contribution < 1.29 is 0 Å². The Balaban J connectivity index is 1.85. The summed E-state index contributed by atoms with van der Waals surface area (Å²) in [4.78, 5) is 7.11. The minimum atomic E-state index is 0.751. The number of aromatic nitrogens is 1. The summed E-state index contributed by atoms with van der Waals surface area (Å²) in [5.74, 6) is 0. The van der Waals surface area contributed by atoms with Gasteiger partial charge in [-0.3, -0.25) is 9.88 Å². The molecule has 0 saturated heterocycles. The number of rotatable bonds is 6. The van der Waals surface area contributed by atoms with E-state index in [0.717, 1.165) is 25.7 Å². The van der Waals surface area contributed by atoms with Gasteiger partial charge in [0.1, 0.15) is 0 Å². The van der Waals surface area contributed by atoms with Crippen LogP contribution >= 0.6 is 0 Å². The second kappa shape index (κ2) is 8.38. The molecule has 0 unspecified atom stereocenters. The van der Waals surface area contributed by atoms with E-state index < -0.39 is 0 Å². The maximum Gasteiger partial charge on any atom is 0.0544 e. The topological polar surface area (TPSA) is 28.2 Å². The molecule has 1 heterocycles. The average Bonchev–Trinajstić information content (AvgIpc) is 2.75. The lowest BCUT2D eigenvalue weighted by molar-refractivity contribution is 0.211. The van der Waals surface area contributed by atoms with Crippen molar-refractivity contribution in [3.05, 3.63) is 29.6 Å². The van der Waals surface area contributed by atoms with Gasteiger partial charge in [-0.05, 0) is 38.1 Å². The van der Waals surface area contributed by atoms with Crippen molar-refractivity contribution in [1.82, 2.24) is 15.2 Å². The predicted molar refractivity (Wildman–Crippen MR) is 84.6 cm³/mol. The Labute approximate surface area is 123 Å². The van der Waals surface area contributed by atoms with Crippen molar-refractivity contribution in [3.8, 4) is 0 Å². The third-order valence-corrected chi connectivity index (χ3v) is 4.32. The second-order valence-electron chi connectivity index (χ2n) is 6.00. The highest BCUT2D eigenvalue weighted by molar-refractivity contribution is 5.14. The molecule has 3 nitrogen and oxygen atoms in total. The zero-order valence-corrected chi connectivity index (χ0v) is 13.1. The SMILES string of the molecule is CCNCc1ccc(CN(C)C2CCCCCC2)nc1. The Morgan fingerprint density at radius 2 is 1.95 bits per heavy atom. The van der Waals surface area contributed by atoms with Crippen LogP contribution in [0.3, 0.4) is 0 Å². The molecule has 0 aromatic carbocycles. The molecular formula is C17H29N3. The summed E-state index contributed by atoms with van der Waals surface area (Å²) in [6.45, 7) is 5.03. The van der Waals surface area contributed by atoms with Crippen LogP contribution in [0.4, 0.5) is 0 Å². The molecule has 0 atom stereocenters. The molecule has 1 aromatic heterocycles. The van der Waals surface area contributed by atoms with Gasteiger partial charge in [0.25, 0.3) is 0 Å². The molecule has 3 heteroatoms. The summed E-state index contributed by atoms with van der Waals surface area (Å²) in [5.41, 5.74) is 2.46. The molecule has 0 aliphatic heterocycles. The van der Waals surface area contributed by atoms with Crippen LogP contribution in [-0.2, 0) is 13.1 Å². The molecule has 2 rings (SSSR count). The minimum absolute atomic E-state index is 0.751. The lowest BCUT2D eigenvalue weighted by atomic mass is 10.1. The third kappa shape index (κ3) is 4.88. The normalized spacial score (nSPS) is 17.4. The summed E-state index contributed by atoms with van der Waals surface area (Å²) < 4.78 is 0. The Bertz CT molecular complexity index is 366. The van der Waals surface area contributed by atoms with Gasteiger partial charge < -0.3 is 5.32 Å². The largest absolute Gasteiger partial charge is 0.313 e. The molecular weight excluding hydrogens is 246 g/mol. The van der Waals surface area contributed by atoms with E-state index >= 15 is 0 Å². The summed E-state index contributed by atoms with van der Waals surface area (Å²) >= 11 is 0. The molecule has 0 amide bonds. The molecule has 1 N–H and O–H groups in total. The number of hydrogen-bond acceptors (Lipinski definition) is 3. The molecule has 0 bridgehead atoms. The fourth-order valence-electron chi connectivity index (χ4n) is 3.01. The van der Waals surface area contributed by atoms with Crippen LogP contribution < -0.4 is 5.32 Å². The zero-order valence-electron chi connectivity index (χ0n) is 13.1. The monoisotopic (exact) mass is 275 g/mol. The van der Waals surface area contributed by atoms with E-state index in [0.29, 0.717) is 0 Å². The molecule has 1 aromatic rings. The molecule has 1 fully saturated rings. The van der Waals surface area contributed by atoms with Gasteiger partial charge in [0.05, 0.1) is 5.69 Å². The van der Waals surface area contributed by atoms with Gasteiger partial charge in [-0.2, -0.15) is 0 Å².